The summed E-state index contributed by atoms with van der Waals surface area (Å²) in [7, 11) is 8.44. The molecule has 0 bridgehead atoms. The maximum atomic E-state index is 11.6. The molecule has 0 aromatic heterocycles. The third-order valence-electron chi connectivity index (χ3n) is 5.40. The minimum absolute atomic E-state index is 0.490. The third kappa shape index (κ3) is 15.5. The molecule has 36 heavy (non-hydrogen) atoms. The molecular formula is C28H51N4O4+. The fourth-order valence-corrected chi connectivity index (χ4v) is 3.98. The lowest BCUT2D eigenvalue weighted by atomic mass is 10.1. The van der Waals surface area contributed by atoms with Crippen molar-refractivity contribution in [2.24, 2.45) is 0 Å². The van der Waals surface area contributed by atoms with Gasteiger partial charge in [-0.3, -0.25) is 19.2 Å². The van der Waals surface area contributed by atoms with Gasteiger partial charge in [-0.2, -0.15) is 5.48 Å². The van der Waals surface area contributed by atoms with Crippen LogP contribution < -0.4 is 10.2 Å². The lowest BCUT2D eigenvalue weighted by molar-refractivity contribution is -0.476. The zero-order valence-electron chi connectivity index (χ0n) is 23.8. The Morgan fingerprint density at radius 3 is 1.94 bits per heavy atom. The van der Waals surface area contributed by atoms with E-state index in [1.54, 1.807) is 0 Å². The van der Waals surface area contributed by atoms with Crippen molar-refractivity contribution in [1.29, 1.82) is 0 Å². The number of rotatable bonds is 16. The topological polar surface area (TPSA) is 66.3 Å². The number of guanidine groups is 1. The Morgan fingerprint density at radius 2 is 1.42 bits per heavy atom. The van der Waals surface area contributed by atoms with E-state index in [2.05, 4.69) is 48.0 Å². The zero-order chi connectivity index (χ0) is 26.8. The zero-order valence-corrected chi connectivity index (χ0v) is 23.8. The quantitative estimate of drug-likeness (QED) is 0.110. The summed E-state index contributed by atoms with van der Waals surface area (Å²) in [6, 6.07) is 10.0. The summed E-state index contributed by atoms with van der Waals surface area (Å²) in [5.41, 5.74) is 1.82. The van der Waals surface area contributed by atoms with E-state index in [4.69, 9.17) is 14.3 Å². The van der Waals surface area contributed by atoms with Crippen molar-refractivity contribution in [1.82, 2.24) is 15.3 Å². The molecule has 1 amide bonds. The van der Waals surface area contributed by atoms with Gasteiger partial charge in [-0.25, -0.2) is 4.79 Å². The number of benzene rings is 1. The first-order chi connectivity index (χ1) is 17.1. The second-order valence-electron chi connectivity index (χ2n) is 10.5. The van der Waals surface area contributed by atoms with Gasteiger partial charge >= 0.3 is 12.1 Å². The molecule has 0 spiro atoms. The second-order valence-corrected chi connectivity index (χ2v) is 10.5. The highest BCUT2D eigenvalue weighted by Gasteiger charge is 2.21. The van der Waals surface area contributed by atoms with Crippen LogP contribution in [-0.2, 0) is 9.57 Å². The van der Waals surface area contributed by atoms with E-state index in [9.17, 15) is 4.79 Å². The molecule has 0 aliphatic rings. The molecule has 0 heterocycles. The van der Waals surface area contributed by atoms with Crippen molar-refractivity contribution in [2.75, 3.05) is 54.5 Å². The van der Waals surface area contributed by atoms with Crippen LogP contribution in [0.5, 0.6) is 5.75 Å². The monoisotopic (exact) mass is 507 g/mol. The molecule has 0 fully saturated rings. The van der Waals surface area contributed by atoms with Crippen LogP contribution in [0.4, 0.5) is 4.79 Å². The van der Waals surface area contributed by atoms with E-state index >= 15 is 0 Å². The Balaban J connectivity index is 2.26. The first-order valence-electron chi connectivity index (χ1n) is 13.4. The highest BCUT2D eigenvalue weighted by atomic mass is 16.7. The third-order valence-corrected chi connectivity index (χ3v) is 5.40. The number of carbonyl (C=O) groups excluding carboxylic acids is 1. The van der Waals surface area contributed by atoms with Crippen molar-refractivity contribution < 1.29 is 23.7 Å². The molecule has 1 N–H and O–H groups in total. The molecule has 1 aromatic rings. The van der Waals surface area contributed by atoms with Gasteiger partial charge in [-0.15, -0.1) is 0 Å². The summed E-state index contributed by atoms with van der Waals surface area (Å²) in [5, 5.41) is 0. The highest BCUT2D eigenvalue weighted by molar-refractivity contribution is 5.74. The number of nitrogens with one attached hydrogen (secondary N) is 1. The molecule has 0 unspecified atom stereocenters. The van der Waals surface area contributed by atoms with Gasteiger partial charge in [-0.05, 0) is 65.0 Å². The van der Waals surface area contributed by atoms with Gasteiger partial charge in [-0.1, -0.05) is 37.5 Å². The SMILES string of the molecule is CN(C)C(N(CCCCCCONC(=O)OC(C)(C)C)CCCCCCOc1ccccc1)=[N+](C)C. The van der Waals surface area contributed by atoms with Crippen LogP contribution in [0.3, 0.4) is 0 Å². The second kappa shape index (κ2) is 17.9. The number of amides is 1. The number of hydrogen-bond acceptors (Lipinski definition) is 4. The van der Waals surface area contributed by atoms with Crippen LogP contribution >= 0.6 is 0 Å². The number of hydrogen-bond donors (Lipinski definition) is 1. The van der Waals surface area contributed by atoms with Gasteiger partial charge in [0.15, 0.2) is 0 Å². The molecule has 0 saturated carbocycles. The summed E-state index contributed by atoms with van der Waals surface area (Å²) < 4.78 is 13.2. The van der Waals surface area contributed by atoms with Gasteiger partial charge in [0.1, 0.15) is 11.4 Å². The van der Waals surface area contributed by atoms with Crippen LogP contribution in [-0.4, -0.2) is 86.5 Å². The van der Waals surface area contributed by atoms with Gasteiger partial charge in [0.05, 0.1) is 54.5 Å². The van der Waals surface area contributed by atoms with E-state index in [1.165, 1.54) is 25.2 Å². The molecule has 206 valence electrons. The van der Waals surface area contributed by atoms with E-state index in [1.807, 2.05) is 51.1 Å². The van der Waals surface area contributed by atoms with Gasteiger partial charge in [0, 0.05) is 0 Å². The Kier molecular flexibility index (Phi) is 15.7. The van der Waals surface area contributed by atoms with Gasteiger partial charge in [0.2, 0.25) is 0 Å². The Labute approximate surface area is 219 Å². The molecule has 0 saturated heterocycles. The molecule has 0 atom stereocenters. The largest absolute Gasteiger partial charge is 0.494 e. The fraction of sp³-hybridized carbons (Fsp3) is 0.714. The van der Waals surface area contributed by atoms with Crippen molar-refractivity contribution in [3.05, 3.63) is 30.3 Å². The molecular weight excluding hydrogens is 456 g/mol. The summed E-state index contributed by atoms with van der Waals surface area (Å²) in [6.07, 6.45) is 8.29. The lowest BCUT2D eigenvalue weighted by Gasteiger charge is -2.25. The summed E-state index contributed by atoms with van der Waals surface area (Å²) in [4.78, 5) is 21.5. The fourth-order valence-electron chi connectivity index (χ4n) is 3.98. The number of nitrogens with zero attached hydrogens (tertiary/aromatic N) is 3. The van der Waals surface area contributed by atoms with Crippen molar-refractivity contribution in [3.8, 4) is 5.75 Å². The number of carbonyl (C=O) groups is 1. The first kappa shape index (κ1) is 31.5. The van der Waals surface area contributed by atoms with Crippen molar-refractivity contribution in [2.45, 2.75) is 77.7 Å². The maximum Gasteiger partial charge on any atom is 0.431 e. The molecule has 1 rings (SSSR count). The average Bonchev–Trinajstić information content (AvgIpc) is 2.78. The predicted molar refractivity (Wildman–Crippen MR) is 147 cm³/mol. The summed E-state index contributed by atoms with van der Waals surface area (Å²) >= 11 is 0. The number of ether oxygens (including phenoxy) is 2. The van der Waals surface area contributed by atoms with E-state index in [0.717, 1.165) is 57.6 Å². The van der Waals surface area contributed by atoms with E-state index in [-0.39, 0.29) is 0 Å². The average molecular weight is 508 g/mol. The number of unbranched alkanes of at least 4 members (excludes halogenated alkanes) is 6. The smallest absolute Gasteiger partial charge is 0.431 e. The summed E-state index contributed by atoms with van der Waals surface area (Å²) in [5.74, 6) is 2.19. The molecule has 0 aliphatic carbocycles. The van der Waals surface area contributed by atoms with Gasteiger partial charge in [0.25, 0.3) is 0 Å². The first-order valence-corrected chi connectivity index (χ1v) is 13.4. The number of hydroxylamine groups is 1. The maximum absolute atomic E-state index is 11.6. The Hall–Kier alpha value is -2.48. The molecule has 0 radical (unpaired) electrons. The van der Waals surface area contributed by atoms with Crippen LogP contribution in [0.25, 0.3) is 0 Å². The standard InChI is InChI=1S/C28H50N4O4/c1-28(2,3)36-26(33)29-35-24-18-11-9-16-22-32(27(30(4)5)31(6)7)21-15-8-10-17-23-34-25-19-13-12-14-20-25/h12-14,19-20H,8-11,15-18,21-24H2,1-7H3/p+1. The van der Waals surface area contributed by atoms with Crippen LogP contribution in [0.1, 0.15) is 72.1 Å². The summed E-state index contributed by atoms with van der Waals surface area (Å²) in [6.45, 7) is 8.82. The van der Waals surface area contributed by atoms with E-state index in [0.29, 0.717) is 6.61 Å². The van der Waals surface area contributed by atoms with Gasteiger partial charge < -0.3 is 9.47 Å². The minimum Gasteiger partial charge on any atom is -0.494 e. The molecule has 8 heteroatoms. The Morgan fingerprint density at radius 1 is 0.861 bits per heavy atom. The van der Waals surface area contributed by atoms with Crippen LogP contribution in [0, 0.1) is 0 Å². The number of para-hydroxylation sites is 1. The molecule has 0 aliphatic heterocycles. The molecule has 8 nitrogen and oxygen atoms in total. The van der Waals surface area contributed by atoms with Crippen molar-refractivity contribution in [3.63, 3.8) is 0 Å². The van der Waals surface area contributed by atoms with E-state index < -0.39 is 11.7 Å². The molecule has 1 aromatic carbocycles. The van der Waals surface area contributed by atoms with Crippen LogP contribution in [0.2, 0.25) is 0 Å². The highest BCUT2D eigenvalue weighted by Crippen LogP contribution is 2.11. The predicted octanol–water partition coefficient (Wildman–Crippen LogP) is 5.13. The normalized spacial score (nSPS) is 11.1. The van der Waals surface area contributed by atoms with Crippen molar-refractivity contribution >= 4 is 12.1 Å². The minimum atomic E-state index is -0.544. The lowest BCUT2D eigenvalue weighted by Crippen LogP contribution is -2.46. The Bertz CT molecular complexity index is 744. The van der Waals surface area contributed by atoms with Crippen LogP contribution in [0.15, 0.2) is 30.3 Å².